The summed E-state index contributed by atoms with van der Waals surface area (Å²) in [5.41, 5.74) is 8.92. The molecule has 4 nitrogen and oxygen atoms in total. The van der Waals surface area contributed by atoms with Crippen molar-refractivity contribution in [3.8, 4) is 11.1 Å². The number of halogens is 2. The van der Waals surface area contributed by atoms with Crippen LogP contribution in [0.4, 0.5) is 10.1 Å². The zero-order valence-electron chi connectivity index (χ0n) is 16.7. The molecule has 1 heterocycles. The molecule has 1 saturated heterocycles. The maximum atomic E-state index is 15.5. The fourth-order valence-corrected chi connectivity index (χ4v) is 3.86. The summed E-state index contributed by atoms with van der Waals surface area (Å²) in [6.07, 6.45) is 0. The lowest BCUT2D eigenvalue weighted by atomic mass is 9.85. The third kappa shape index (κ3) is 3.74. The third-order valence-electron chi connectivity index (χ3n) is 5.20. The van der Waals surface area contributed by atoms with Gasteiger partial charge in [-0.05, 0) is 29.0 Å². The van der Waals surface area contributed by atoms with Crippen molar-refractivity contribution in [3.05, 3.63) is 51.8 Å². The van der Waals surface area contributed by atoms with E-state index < -0.39 is 11.7 Å². The van der Waals surface area contributed by atoms with Gasteiger partial charge in [-0.25, -0.2) is 4.39 Å². The Balaban J connectivity index is 2.25. The molecular weight excluding hydrogens is 379 g/mol. The highest BCUT2D eigenvalue weighted by atomic mass is 35.5. The molecule has 0 saturated carbocycles. The minimum Gasteiger partial charge on any atom is -0.378 e. The third-order valence-corrected chi connectivity index (χ3v) is 5.67. The van der Waals surface area contributed by atoms with E-state index in [9.17, 15) is 4.79 Å². The quantitative estimate of drug-likeness (QED) is 0.807. The Kier molecular flexibility index (Phi) is 5.69. The molecule has 0 aliphatic carbocycles. The minimum atomic E-state index is -0.866. The van der Waals surface area contributed by atoms with Crippen molar-refractivity contribution in [1.82, 2.24) is 0 Å². The number of carbonyl (C=O) groups excluding carboxylic acids is 1. The number of rotatable bonds is 3. The van der Waals surface area contributed by atoms with Crippen molar-refractivity contribution >= 4 is 23.2 Å². The average molecular weight is 405 g/mol. The molecule has 0 unspecified atom stereocenters. The lowest BCUT2D eigenvalue weighted by Crippen LogP contribution is -2.37. The molecule has 6 heteroatoms. The molecule has 2 aromatic rings. The number of benzene rings is 2. The number of ether oxygens (including phenoxy) is 1. The van der Waals surface area contributed by atoms with Gasteiger partial charge in [0.2, 0.25) is 0 Å². The van der Waals surface area contributed by atoms with Crippen LogP contribution in [0.15, 0.2) is 24.3 Å². The summed E-state index contributed by atoms with van der Waals surface area (Å²) in [6.45, 7) is 10.3. The van der Waals surface area contributed by atoms with Crippen molar-refractivity contribution in [2.45, 2.75) is 33.1 Å². The van der Waals surface area contributed by atoms with Crippen LogP contribution in [0, 0.1) is 12.7 Å². The summed E-state index contributed by atoms with van der Waals surface area (Å²) in [4.78, 5) is 13.8. The Morgan fingerprint density at radius 2 is 1.75 bits per heavy atom. The number of primary amides is 1. The number of nitrogens with two attached hydrogens (primary N) is 1. The van der Waals surface area contributed by atoms with Gasteiger partial charge < -0.3 is 15.4 Å². The molecule has 1 amide bonds. The van der Waals surface area contributed by atoms with Crippen LogP contribution >= 0.6 is 11.6 Å². The Hall–Kier alpha value is -2.11. The van der Waals surface area contributed by atoms with E-state index in [0.717, 1.165) is 5.56 Å². The van der Waals surface area contributed by atoms with E-state index in [2.05, 4.69) is 20.8 Å². The van der Waals surface area contributed by atoms with E-state index in [1.165, 1.54) is 5.56 Å². The Bertz CT molecular complexity index is 898. The van der Waals surface area contributed by atoms with Crippen LogP contribution in [-0.2, 0) is 10.2 Å². The summed E-state index contributed by atoms with van der Waals surface area (Å²) in [5, 5.41) is 0.0666. The fraction of sp³-hybridized carbons (Fsp3) is 0.409. The van der Waals surface area contributed by atoms with Crippen LogP contribution in [-0.4, -0.2) is 32.2 Å². The second kappa shape index (κ2) is 7.72. The van der Waals surface area contributed by atoms with Gasteiger partial charge in [0.05, 0.1) is 29.5 Å². The number of carbonyl (C=O) groups is 1. The van der Waals surface area contributed by atoms with Gasteiger partial charge in [-0.2, -0.15) is 0 Å². The van der Waals surface area contributed by atoms with E-state index >= 15 is 4.39 Å². The van der Waals surface area contributed by atoms with Crippen molar-refractivity contribution in [1.29, 1.82) is 0 Å². The molecule has 0 aromatic heterocycles. The molecule has 0 radical (unpaired) electrons. The summed E-state index contributed by atoms with van der Waals surface area (Å²) >= 11 is 6.38. The summed E-state index contributed by atoms with van der Waals surface area (Å²) in [5.74, 6) is -1.53. The molecule has 28 heavy (non-hydrogen) atoms. The smallest absolute Gasteiger partial charge is 0.253 e. The first-order valence-electron chi connectivity index (χ1n) is 9.38. The summed E-state index contributed by atoms with van der Waals surface area (Å²) in [7, 11) is 0. The number of morpholine rings is 1. The molecule has 2 aromatic carbocycles. The van der Waals surface area contributed by atoms with Crippen LogP contribution < -0.4 is 10.6 Å². The predicted molar refractivity (Wildman–Crippen MR) is 112 cm³/mol. The first-order chi connectivity index (χ1) is 13.1. The molecule has 1 aliphatic rings. The lowest BCUT2D eigenvalue weighted by molar-refractivity contribution is 0.0996. The van der Waals surface area contributed by atoms with Crippen molar-refractivity contribution < 1.29 is 13.9 Å². The van der Waals surface area contributed by atoms with Gasteiger partial charge in [-0.15, -0.1) is 0 Å². The zero-order valence-corrected chi connectivity index (χ0v) is 17.5. The monoisotopic (exact) mass is 404 g/mol. The number of hydrogen-bond donors (Lipinski definition) is 1. The molecular formula is C22H26ClFN2O2. The second-order valence-electron chi connectivity index (χ2n) is 8.14. The van der Waals surface area contributed by atoms with Crippen LogP contribution in [0.2, 0.25) is 5.02 Å². The summed E-state index contributed by atoms with van der Waals surface area (Å²) < 4.78 is 20.9. The average Bonchev–Trinajstić information content (AvgIpc) is 2.64. The van der Waals surface area contributed by atoms with Crippen LogP contribution in [0.25, 0.3) is 11.1 Å². The van der Waals surface area contributed by atoms with Gasteiger partial charge in [0.25, 0.3) is 5.91 Å². The first-order valence-corrected chi connectivity index (χ1v) is 9.75. The van der Waals surface area contributed by atoms with Gasteiger partial charge in [0.1, 0.15) is 0 Å². The summed E-state index contributed by atoms with van der Waals surface area (Å²) in [6, 6.07) is 8.05. The van der Waals surface area contributed by atoms with E-state index in [1.807, 2.05) is 29.2 Å². The van der Waals surface area contributed by atoms with Gasteiger partial charge >= 0.3 is 0 Å². The normalized spacial score (nSPS) is 15.0. The molecule has 0 spiro atoms. The fourth-order valence-electron chi connectivity index (χ4n) is 3.59. The van der Waals surface area contributed by atoms with Gasteiger partial charge in [-0.3, -0.25) is 4.79 Å². The maximum absolute atomic E-state index is 15.5. The van der Waals surface area contributed by atoms with Crippen molar-refractivity contribution in [2.24, 2.45) is 5.73 Å². The van der Waals surface area contributed by atoms with Crippen molar-refractivity contribution in [2.75, 3.05) is 31.2 Å². The lowest BCUT2D eigenvalue weighted by Gasteiger charge is -2.32. The number of anilines is 1. The Morgan fingerprint density at radius 1 is 1.18 bits per heavy atom. The predicted octanol–water partition coefficient (Wildman–Crippen LogP) is 4.69. The topological polar surface area (TPSA) is 55.6 Å². The molecule has 2 N–H and O–H groups in total. The highest BCUT2D eigenvalue weighted by Crippen LogP contribution is 2.43. The first kappa shape index (κ1) is 20.6. The molecule has 3 rings (SSSR count). The number of amides is 1. The molecule has 0 bridgehead atoms. The van der Waals surface area contributed by atoms with Gasteiger partial charge in [-0.1, -0.05) is 56.6 Å². The number of hydrogen-bond acceptors (Lipinski definition) is 3. The highest BCUT2D eigenvalue weighted by Gasteiger charge is 2.29. The second-order valence-corrected chi connectivity index (χ2v) is 8.52. The van der Waals surface area contributed by atoms with Gasteiger partial charge in [0, 0.05) is 18.7 Å². The number of nitrogens with zero attached hydrogens (tertiary/aromatic N) is 1. The Labute approximate surface area is 170 Å². The molecule has 1 aliphatic heterocycles. The SMILES string of the molecule is Cc1c(Cl)c(C(N)=O)c(F)c(N2CCOCC2)c1-c1ccc(C(C)(C)C)cc1. The van der Waals surface area contributed by atoms with Crippen molar-refractivity contribution in [3.63, 3.8) is 0 Å². The molecule has 1 fully saturated rings. The van der Waals surface area contributed by atoms with E-state index in [-0.39, 0.29) is 16.0 Å². The molecule has 0 atom stereocenters. The Morgan fingerprint density at radius 3 is 2.25 bits per heavy atom. The highest BCUT2D eigenvalue weighted by molar-refractivity contribution is 6.35. The van der Waals surface area contributed by atoms with Crippen LogP contribution in [0.1, 0.15) is 42.3 Å². The van der Waals surface area contributed by atoms with Crippen LogP contribution in [0.3, 0.4) is 0 Å². The van der Waals surface area contributed by atoms with Crippen LogP contribution in [0.5, 0.6) is 0 Å². The maximum Gasteiger partial charge on any atom is 0.253 e. The minimum absolute atomic E-state index is 0.0132. The van der Waals surface area contributed by atoms with E-state index in [1.54, 1.807) is 6.92 Å². The zero-order chi connectivity index (χ0) is 20.6. The standard InChI is InChI=1S/C22H26ClFN2O2/c1-13-16(14-5-7-15(8-6-14)22(2,3)4)20(26-9-11-28-12-10-26)19(24)17(18(13)23)21(25)27/h5-8H,9-12H2,1-4H3,(H2,25,27). The van der Waals surface area contributed by atoms with Gasteiger partial charge in [0.15, 0.2) is 5.82 Å². The molecule has 150 valence electrons. The van der Waals surface area contributed by atoms with E-state index in [0.29, 0.717) is 43.1 Å². The largest absolute Gasteiger partial charge is 0.378 e. The van der Waals surface area contributed by atoms with E-state index in [4.69, 9.17) is 22.1 Å².